The highest BCUT2D eigenvalue weighted by Gasteiger charge is 2.34. The predicted molar refractivity (Wildman–Crippen MR) is 58.0 cm³/mol. The van der Waals surface area contributed by atoms with Gasteiger partial charge in [0.2, 0.25) is 10.0 Å². The molecule has 5 heteroatoms. The first-order chi connectivity index (χ1) is 7.04. The van der Waals surface area contributed by atoms with E-state index >= 15 is 0 Å². The predicted octanol–water partition coefficient (Wildman–Crippen LogP) is 0.409. The third kappa shape index (κ3) is 2.04. The number of benzene rings is 1. The van der Waals surface area contributed by atoms with Crippen LogP contribution in [0.15, 0.2) is 29.2 Å². The van der Waals surface area contributed by atoms with Crippen molar-refractivity contribution in [2.24, 2.45) is 5.73 Å². The molecule has 3 N–H and O–H groups in total. The van der Waals surface area contributed by atoms with Crippen molar-refractivity contribution in [2.75, 3.05) is 7.05 Å². The third-order valence-electron chi connectivity index (χ3n) is 2.73. The zero-order valence-corrected chi connectivity index (χ0v) is 9.29. The van der Waals surface area contributed by atoms with Crippen LogP contribution >= 0.6 is 0 Å². The van der Waals surface area contributed by atoms with Gasteiger partial charge in [-0.05, 0) is 31.2 Å². The summed E-state index contributed by atoms with van der Waals surface area (Å²) in [5.74, 6) is 0.413. The summed E-state index contributed by atoms with van der Waals surface area (Å²) in [5, 5.41) is 0. The maximum atomic E-state index is 11.4. The molecule has 2 unspecified atom stereocenters. The molecule has 0 aliphatic heterocycles. The van der Waals surface area contributed by atoms with Crippen LogP contribution in [0.5, 0.6) is 0 Å². The number of hydrogen-bond acceptors (Lipinski definition) is 3. The quantitative estimate of drug-likeness (QED) is 0.784. The molecule has 1 saturated carbocycles. The summed E-state index contributed by atoms with van der Waals surface area (Å²) in [4.78, 5) is 0.294. The Kier molecular flexibility index (Phi) is 2.54. The molecule has 15 heavy (non-hydrogen) atoms. The van der Waals surface area contributed by atoms with E-state index in [0.29, 0.717) is 10.8 Å². The van der Waals surface area contributed by atoms with Crippen molar-refractivity contribution in [1.29, 1.82) is 0 Å². The lowest BCUT2D eigenvalue weighted by molar-refractivity contribution is 0.588. The average molecular weight is 226 g/mol. The summed E-state index contributed by atoms with van der Waals surface area (Å²) >= 11 is 0. The van der Waals surface area contributed by atoms with Crippen LogP contribution in [0, 0.1) is 0 Å². The van der Waals surface area contributed by atoms with Gasteiger partial charge in [0.15, 0.2) is 0 Å². The Labute approximate surface area is 89.5 Å². The second kappa shape index (κ2) is 3.59. The summed E-state index contributed by atoms with van der Waals surface area (Å²) in [5.41, 5.74) is 6.84. The summed E-state index contributed by atoms with van der Waals surface area (Å²) in [6.45, 7) is 0. The Morgan fingerprint density at radius 1 is 1.33 bits per heavy atom. The number of sulfonamides is 1. The van der Waals surface area contributed by atoms with E-state index in [1.165, 1.54) is 7.05 Å². The van der Waals surface area contributed by atoms with Crippen molar-refractivity contribution in [3.8, 4) is 0 Å². The number of nitrogens with two attached hydrogens (primary N) is 1. The van der Waals surface area contributed by atoms with Gasteiger partial charge in [0.05, 0.1) is 4.90 Å². The Morgan fingerprint density at radius 2 is 1.87 bits per heavy atom. The maximum absolute atomic E-state index is 11.4. The summed E-state index contributed by atoms with van der Waals surface area (Å²) < 4.78 is 25.1. The Hall–Kier alpha value is -0.910. The molecule has 1 aliphatic carbocycles. The van der Waals surface area contributed by atoms with Crippen LogP contribution < -0.4 is 10.5 Å². The molecule has 2 rings (SSSR count). The van der Waals surface area contributed by atoms with E-state index in [1.54, 1.807) is 12.1 Å². The molecule has 0 saturated heterocycles. The molecule has 0 spiro atoms. The van der Waals surface area contributed by atoms with Crippen LogP contribution in [0.3, 0.4) is 0 Å². The molecular weight excluding hydrogens is 212 g/mol. The summed E-state index contributed by atoms with van der Waals surface area (Å²) in [6, 6.07) is 7.15. The van der Waals surface area contributed by atoms with Crippen molar-refractivity contribution in [1.82, 2.24) is 4.72 Å². The second-order valence-corrected chi connectivity index (χ2v) is 5.67. The third-order valence-corrected chi connectivity index (χ3v) is 4.16. The van der Waals surface area contributed by atoms with E-state index < -0.39 is 10.0 Å². The van der Waals surface area contributed by atoms with Crippen molar-refractivity contribution in [3.63, 3.8) is 0 Å². The van der Waals surface area contributed by atoms with E-state index in [9.17, 15) is 8.42 Å². The Balaban J connectivity index is 2.25. The molecule has 1 aromatic rings. The average Bonchev–Trinajstić information content (AvgIpc) is 2.96. The van der Waals surface area contributed by atoms with Crippen LogP contribution in [-0.2, 0) is 10.0 Å². The molecule has 0 amide bonds. The first kappa shape index (κ1) is 10.6. The van der Waals surface area contributed by atoms with Gasteiger partial charge >= 0.3 is 0 Å². The van der Waals surface area contributed by atoms with Crippen LogP contribution in [0.4, 0.5) is 0 Å². The first-order valence-electron chi connectivity index (χ1n) is 4.83. The minimum absolute atomic E-state index is 0.247. The fourth-order valence-corrected chi connectivity index (χ4v) is 2.34. The highest BCUT2D eigenvalue weighted by Crippen LogP contribution is 2.38. The Morgan fingerprint density at radius 3 is 2.27 bits per heavy atom. The largest absolute Gasteiger partial charge is 0.327 e. The van der Waals surface area contributed by atoms with Gasteiger partial charge in [-0.2, -0.15) is 0 Å². The van der Waals surface area contributed by atoms with E-state index in [4.69, 9.17) is 5.73 Å². The standard InChI is InChI=1S/C10H14N2O2S/c1-12-15(13,14)8-4-2-7(3-5-8)9-6-10(9)11/h2-5,9-10,12H,6,11H2,1H3. The van der Waals surface area contributed by atoms with E-state index in [0.717, 1.165) is 12.0 Å². The van der Waals surface area contributed by atoms with Crippen molar-refractivity contribution >= 4 is 10.0 Å². The van der Waals surface area contributed by atoms with Crippen molar-refractivity contribution < 1.29 is 8.42 Å². The minimum atomic E-state index is -3.32. The maximum Gasteiger partial charge on any atom is 0.240 e. The molecule has 0 heterocycles. The number of nitrogens with one attached hydrogen (secondary N) is 1. The fourth-order valence-electron chi connectivity index (χ4n) is 1.61. The number of rotatable bonds is 3. The molecule has 0 aromatic heterocycles. The molecule has 0 radical (unpaired) electrons. The topological polar surface area (TPSA) is 72.2 Å². The molecule has 82 valence electrons. The second-order valence-electron chi connectivity index (χ2n) is 3.78. The SMILES string of the molecule is CNS(=O)(=O)c1ccc(C2CC2N)cc1. The molecule has 4 nitrogen and oxygen atoms in total. The highest BCUT2D eigenvalue weighted by molar-refractivity contribution is 7.89. The molecule has 1 aromatic carbocycles. The molecular formula is C10H14N2O2S. The Bertz CT molecular complexity index is 453. The number of hydrogen-bond donors (Lipinski definition) is 2. The minimum Gasteiger partial charge on any atom is -0.327 e. The molecule has 1 fully saturated rings. The van der Waals surface area contributed by atoms with Gasteiger partial charge in [0.25, 0.3) is 0 Å². The fraction of sp³-hybridized carbons (Fsp3) is 0.400. The van der Waals surface area contributed by atoms with Gasteiger partial charge < -0.3 is 5.73 Å². The summed E-state index contributed by atoms with van der Waals surface area (Å²) in [7, 11) is -1.91. The highest BCUT2D eigenvalue weighted by atomic mass is 32.2. The van der Waals surface area contributed by atoms with Gasteiger partial charge in [-0.3, -0.25) is 0 Å². The molecule has 1 aliphatic rings. The molecule has 0 bridgehead atoms. The zero-order valence-electron chi connectivity index (χ0n) is 8.47. The van der Waals surface area contributed by atoms with E-state index in [1.807, 2.05) is 12.1 Å². The lowest BCUT2D eigenvalue weighted by Gasteiger charge is -2.03. The molecule has 2 atom stereocenters. The van der Waals surface area contributed by atoms with Crippen molar-refractivity contribution in [3.05, 3.63) is 29.8 Å². The van der Waals surface area contributed by atoms with Gasteiger partial charge in [-0.1, -0.05) is 12.1 Å². The van der Waals surface area contributed by atoms with Crippen LogP contribution in [-0.4, -0.2) is 21.5 Å². The van der Waals surface area contributed by atoms with Gasteiger partial charge in [0, 0.05) is 12.0 Å². The van der Waals surface area contributed by atoms with Gasteiger partial charge in [-0.25, -0.2) is 13.1 Å². The monoisotopic (exact) mass is 226 g/mol. The van der Waals surface area contributed by atoms with E-state index in [-0.39, 0.29) is 6.04 Å². The summed E-state index contributed by atoms with van der Waals surface area (Å²) in [6.07, 6.45) is 0.998. The van der Waals surface area contributed by atoms with Crippen LogP contribution in [0.1, 0.15) is 17.9 Å². The van der Waals surface area contributed by atoms with Crippen molar-refractivity contribution in [2.45, 2.75) is 23.3 Å². The first-order valence-corrected chi connectivity index (χ1v) is 6.32. The van der Waals surface area contributed by atoms with E-state index in [2.05, 4.69) is 4.72 Å². The smallest absolute Gasteiger partial charge is 0.240 e. The lowest BCUT2D eigenvalue weighted by Crippen LogP contribution is -2.18. The van der Waals surface area contributed by atoms with Gasteiger partial charge in [-0.15, -0.1) is 0 Å². The lowest BCUT2D eigenvalue weighted by atomic mass is 10.1. The van der Waals surface area contributed by atoms with Crippen LogP contribution in [0.2, 0.25) is 0 Å². The normalized spacial score (nSPS) is 25.2. The van der Waals surface area contributed by atoms with Gasteiger partial charge in [0.1, 0.15) is 0 Å². The zero-order chi connectivity index (χ0) is 11.1. The van der Waals surface area contributed by atoms with Crippen LogP contribution in [0.25, 0.3) is 0 Å².